The Morgan fingerprint density at radius 1 is 1.24 bits per heavy atom. The molecule has 21 heavy (non-hydrogen) atoms. The molecule has 2 rings (SSSR count). The van der Waals surface area contributed by atoms with Crippen molar-refractivity contribution in [1.82, 2.24) is 9.97 Å². The molecule has 0 aliphatic heterocycles. The van der Waals surface area contributed by atoms with Crippen molar-refractivity contribution in [3.05, 3.63) is 40.1 Å². The van der Waals surface area contributed by atoms with E-state index in [-0.39, 0.29) is 0 Å². The van der Waals surface area contributed by atoms with Crippen molar-refractivity contribution in [3.8, 4) is 11.3 Å². The lowest BCUT2D eigenvalue weighted by Gasteiger charge is -2.15. The van der Waals surface area contributed by atoms with E-state index in [4.69, 9.17) is 4.98 Å². The van der Waals surface area contributed by atoms with Crippen molar-refractivity contribution in [2.24, 2.45) is 0 Å². The summed E-state index contributed by atoms with van der Waals surface area (Å²) >= 11 is 3.53. The average Bonchev–Trinajstić information content (AvgIpc) is 2.46. The number of benzene rings is 1. The Morgan fingerprint density at radius 2 is 2.00 bits per heavy atom. The minimum absolute atomic E-state index is 0.304. The van der Waals surface area contributed by atoms with Crippen molar-refractivity contribution < 1.29 is 0 Å². The number of nitrogens with one attached hydrogen (secondary N) is 1. The van der Waals surface area contributed by atoms with Gasteiger partial charge in [-0.15, -0.1) is 0 Å². The van der Waals surface area contributed by atoms with Gasteiger partial charge in [-0.05, 0) is 25.5 Å². The molecule has 0 bridgehead atoms. The van der Waals surface area contributed by atoms with Crippen LogP contribution in [0.15, 0.2) is 28.7 Å². The molecule has 1 N–H and O–H groups in total. The summed E-state index contributed by atoms with van der Waals surface area (Å²) in [5.41, 5.74) is 3.23. The predicted molar refractivity (Wildman–Crippen MR) is 92.8 cm³/mol. The Labute approximate surface area is 135 Å². The molecule has 0 fully saturated rings. The van der Waals surface area contributed by atoms with Gasteiger partial charge < -0.3 is 5.32 Å². The summed E-state index contributed by atoms with van der Waals surface area (Å²) in [5, 5.41) is 3.42. The molecular weight excluding hydrogens is 326 g/mol. The van der Waals surface area contributed by atoms with E-state index >= 15 is 0 Å². The van der Waals surface area contributed by atoms with Gasteiger partial charge in [0.1, 0.15) is 11.6 Å². The molecule has 3 nitrogen and oxygen atoms in total. The first-order chi connectivity index (χ1) is 10.0. The zero-order chi connectivity index (χ0) is 15.4. The fourth-order valence-electron chi connectivity index (χ4n) is 2.12. The summed E-state index contributed by atoms with van der Waals surface area (Å²) in [6.45, 7) is 9.41. The zero-order valence-electron chi connectivity index (χ0n) is 13.1. The smallest absolute Gasteiger partial charge is 0.133 e. The number of nitrogens with zero attached hydrogens (tertiary/aromatic N) is 2. The lowest BCUT2D eigenvalue weighted by molar-refractivity contribution is 0.772. The maximum absolute atomic E-state index is 4.78. The molecule has 0 radical (unpaired) electrons. The maximum atomic E-state index is 4.78. The number of aromatic nitrogens is 2. The summed E-state index contributed by atoms with van der Waals surface area (Å²) in [6.07, 6.45) is 1.08. The lowest BCUT2D eigenvalue weighted by atomic mass is 10.1. The van der Waals surface area contributed by atoms with E-state index in [9.17, 15) is 0 Å². The van der Waals surface area contributed by atoms with Gasteiger partial charge in [-0.3, -0.25) is 0 Å². The van der Waals surface area contributed by atoms with Crippen LogP contribution in [0.4, 0.5) is 5.82 Å². The van der Waals surface area contributed by atoms with Crippen LogP contribution in [0.1, 0.15) is 44.5 Å². The minimum Gasteiger partial charge on any atom is -0.370 e. The molecular formula is C17H22BrN3. The highest BCUT2D eigenvalue weighted by Crippen LogP contribution is 2.29. The summed E-state index contributed by atoms with van der Waals surface area (Å²) in [7, 11) is 0. The van der Waals surface area contributed by atoms with Crippen LogP contribution in [0.25, 0.3) is 11.3 Å². The Kier molecular flexibility index (Phi) is 5.34. The molecule has 1 heterocycles. The van der Waals surface area contributed by atoms with E-state index < -0.39 is 0 Å². The van der Waals surface area contributed by atoms with Gasteiger partial charge in [-0.1, -0.05) is 48.8 Å². The number of hydrogen-bond donors (Lipinski definition) is 1. The molecule has 0 unspecified atom stereocenters. The van der Waals surface area contributed by atoms with E-state index in [0.29, 0.717) is 5.92 Å². The minimum atomic E-state index is 0.304. The van der Waals surface area contributed by atoms with Crippen molar-refractivity contribution >= 4 is 21.7 Å². The van der Waals surface area contributed by atoms with Crippen LogP contribution in [-0.2, 0) is 0 Å². The Hall–Kier alpha value is -1.42. The van der Waals surface area contributed by atoms with E-state index in [1.54, 1.807) is 0 Å². The fourth-order valence-corrected chi connectivity index (χ4v) is 2.52. The van der Waals surface area contributed by atoms with E-state index in [2.05, 4.69) is 66.1 Å². The second-order valence-electron chi connectivity index (χ2n) is 5.50. The largest absolute Gasteiger partial charge is 0.370 e. The van der Waals surface area contributed by atoms with Gasteiger partial charge >= 0.3 is 0 Å². The molecule has 2 aromatic rings. The maximum Gasteiger partial charge on any atom is 0.133 e. The van der Waals surface area contributed by atoms with Gasteiger partial charge in [0.25, 0.3) is 0 Å². The molecule has 0 spiro atoms. The first-order valence-corrected chi connectivity index (χ1v) is 8.20. The van der Waals surface area contributed by atoms with Gasteiger partial charge in [-0.25, -0.2) is 9.97 Å². The highest BCUT2D eigenvalue weighted by molar-refractivity contribution is 9.10. The van der Waals surface area contributed by atoms with Gasteiger partial charge in [0.15, 0.2) is 0 Å². The first-order valence-electron chi connectivity index (χ1n) is 7.41. The van der Waals surface area contributed by atoms with Crippen LogP contribution in [-0.4, -0.2) is 16.5 Å². The van der Waals surface area contributed by atoms with E-state index in [0.717, 1.165) is 45.9 Å². The summed E-state index contributed by atoms with van der Waals surface area (Å²) in [6, 6.07) is 8.26. The summed E-state index contributed by atoms with van der Waals surface area (Å²) in [5.74, 6) is 2.14. The highest BCUT2D eigenvalue weighted by Gasteiger charge is 2.14. The van der Waals surface area contributed by atoms with Gasteiger partial charge in [0.2, 0.25) is 0 Å². The van der Waals surface area contributed by atoms with Gasteiger partial charge in [0, 0.05) is 28.1 Å². The van der Waals surface area contributed by atoms with Crippen molar-refractivity contribution in [2.75, 3.05) is 11.9 Å². The monoisotopic (exact) mass is 347 g/mol. The topological polar surface area (TPSA) is 37.8 Å². The molecule has 1 aromatic heterocycles. The number of hydrogen-bond acceptors (Lipinski definition) is 3. The van der Waals surface area contributed by atoms with E-state index in [1.165, 1.54) is 0 Å². The Balaban J connectivity index is 2.55. The summed E-state index contributed by atoms with van der Waals surface area (Å²) in [4.78, 5) is 9.46. The predicted octanol–water partition coefficient (Wildman–Crippen LogP) is 5.16. The Morgan fingerprint density at radius 3 is 2.62 bits per heavy atom. The fraction of sp³-hybridized carbons (Fsp3) is 0.412. The van der Waals surface area contributed by atoms with Crippen molar-refractivity contribution in [3.63, 3.8) is 0 Å². The SMILES string of the molecule is CCCNc1nc(C(C)C)nc(-c2cccc(Br)c2)c1C. The average molecular weight is 348 g/mol. The molecule has 4 heteroatoms. The van der Waals surface area contributed by atoms with Crippen LogP contribution in [0.5, 0.6) is 0 Å². The molecule has 0 saturated carbocycles. The second-order valence-corrected chi connectivity index (χ2v) is 6.41. The van der Waals surface area contributed by atoms with Gasteiger partial charge in [-0.2, -0.15) is 0 Å². The quantitative estimate of drug-likeness (QED) is 0.811. The third kappa shape index (κ3) is 3.82. The Bertz CT molecular complexity index is 623. The summed E-state index contributed by atoms with van der Waals surface area (Å²) < 4.78 is 1.06. The normalized spacial score (nSPS) is 11.0. The van der Waals surface area contributed by atoms with Crippen molar-refractivity contribution in [1.29, 1.82) is 0 Å². The highest BCUT2D eigenvalue weighted by atomic mass is 79.9. The number of anilines is 1. The van der Waals surface area contributed by atoms with Crippen LogP contribution < -0.4 is 5.32 Å². The number of halogens is 1. The number of rotatable bonds is 5. The third-order valence-electron chi connectivity index (χ3n) is 3.32. The standard InChI is InChI=1S/C17H22BrN3/c1-5-9-19-17-12(4)15(20-16(21-17)11(2)3)13-7-6-8-14(18)10-13/h6-8,10-11H,5,9H2,1-4H3,(H,19,20,21). The van der Waals surface area contributed by atoms with Crippen LogP contribution in [0.2, 0.25) is 0 Å². The van der Waals surface area contributed by atoms with Crippen LogP contribution in [0.3, 0.4) is 0 Å². The molecule has 112 valence electrons. The van der Waals surface area contributed by atoms with Crippen LogP contribution in [0, 0.1) is 6.92 Å². The third-order valence-corrected chi connectivity index (χ3v) is 3.81. The molecule has 0 atom stereocenters. The molecule has 0 aliphatic rings. The second kappa shape index (κ2) is 7.03. The molecule has 1 aromatic carbocycles. The molecule has 0 aliphatic carbocycles. The van der Waals surface area contributed by atoms with Gasteiger partial charge in [0.05, 0.1) is 5.69 Å². The lowest BCUT2D eigenvalue weighted by Crippen LogP contribution is -2.10. The van der Waals surface area contributed by atoms with Crippen LogP contribution >= 0.6 is 15.9 Å². The van der Waals surface area contributed by atoms with E-state index in [1.807, 2.05) is 12.1 Å². The first kappa shape index (κ1) is 16.0. The molecule has 0 amide bonds. The van der Waals surface area contributed by atoms with Crippen molar-refractivity contribution in [2.45, 2.75) is 40.0 Å². The zero-order valence-corrected chi connectivity index (χ0v) is 14.7. The molecule has 0 saturated heterocycles.